The highest BCUT2D eigenvalue weighted by Crippen LogP contribution is 2.34. The first kappa shape index (κ1) is 14.3. The molecule has 0 heterocycles. The topological polar surface area (TPSA) is 55.6 Å². The third-order valence-electron chi connectivity index (χ3n) is 3.33. The average molecular weight is 327 g/mol. The predicted octanol–water partition coefficient (Wildman–Crippen LogP) is 2.17. The van der Waals surface area contributed by atoms with Crippen LogP contribution in [0.4, 0.5) is 0 Å². The van der Waals surface area contributed by atoms with Crippen LogP contribution in [-0.4, -0.2) is 36.0 Å². The molecule has 2 N–H and O–H groups in total. The van der Waals surface area contributed by atoms with E-state index in [9.17, 15) is 4.79 Å². The van der Waals surface area contributed by atoms with Crippen LogP contribution in [0.25, 0.3) is 0 Å². The summed E-state index contributed by atoms with van der Waals surface area (Å²) in [6.07, 6.45) is 1.60. The van der Waals surface area contributed by atoms with Crippen LogP contribution in [-0.2, 0) is 4.79 Å². The summed E-state index contributed by atoms with van der Waals surface area (Å²) < 4.78 is 6.64. The maximum atomic E-state index is 12.1. The lowest BCUT2D eigenvalue weighted by Crippen LogP contribution is -2.47. The second-order valence-electron chi connectivity index (χ2n) is 4.84. The monoisotopic (exact) mass is 326 g/mol. The normalized spacial score (nSPS) is 15.9. The molecule has 2 rings (SSSR count). The van der Waals surface area contributed by atoms with E-state index in [1.165, 1.54) is 0 Å². The lowest BCUT2D eigenvalue weighted by Gasteiger charge is -2.24. The summed E-state index contributed by atoms with van der Waals surface area (Å²) in [7, 11) is 0. The maximum Gasteiger partial charge on any atom is 0.242 e. The van der Waals surface area contributed by atoms with Gasteiger partial charge in [-0.25, -0.2) is 0 Å². The molecule has 5 heteroatoms. The molecular formula is C14H19BrN2O2. The highest BCUT2D eigenvalue weighted by atomic mass is 79.9. The maximum absolute atomic E-state index is 12.1. The highest BCUT2D eigenvalue weighted by Gasteiger charge is 2.47. The van der Waals surface area contributed by atoms with Gasteiger partial charge in [-0.2, -0.15) is 0 Å². The van der Waals surface area contributed by atoms with E-state index in [1.54, 1.807) is 4.90 Å². The van der Waals surface area contributed by atoms with E-state index in [0.29, 0.717) is 19.7 Å². The van der Waals surface area contributed by atoms with Gasteiger partial charge < -0.3 is 15.4 Å². The first-order chi connectivity index (χ1) is 9.05. The van der Waals surface area contributed by atoms with Crippen molar-refractivity contribution < 1.29 is 9.53 Å². The molecule has 1 amide bonds. The Hall–Kier alpha value is -1.07. The fraction of sp³-hybridized carbons (Fsp3) is 0.500. The summed E-state index contributed by atoms with van der Waals surface area (Å²) in [4.78, 5) is 13.9. The van der Waals surface area contributed by atoms with Crippen molar-refractivity contribution in [1.29, 1.82) is 0 Å². The Morgan fingerprint density at radius 2 is 2.05 bits per heavy atom. The van der Waals surface area contributed by atoms with E-state index in [1.807, 2.05) is 31.2 Å². The molecule has 1 aromatic carbocycles. The average Bonchev–Trinajstić information content (AvgIpc) is 3.15. The van der Waals surface area contributed by atoms with Gasteiger partial charge in [0.15, 0.2) is 0 Å². The Bertz CT molecular complexity index is 443. The van der Waals surface area contributed by atoms with Crippen LogP contribution in [0, 0.1) is 0 Å². The molecule has 19 heavy (non-hydrogen) atoms. The SMILES string of the molecule is CCN(CCOc1ccc(Br)cc1)C(=O)C1(N)CC1. The number of nitrogens with two attached hydrogens (primary N) is 1. The van der Waals surface area contributed by atoms with Crippen LogP contribution in [0.15, 0.2) is 28.7 Å². The number of carbonyl (C=O) groups excluding carboxylic acids is 1. The van der Waals surface area contributed by atoms with Crippen molar-refractivity contribution in [3.8, 4) is 5.75 Å². The van der Waals surface area contributed by atoms with Gasteiger partial charge >= 0.3 is 0 Å². The zero-order valence-corrected chi connectivity index (χ0v) is 12.6. The van der Waals surface area contributed by atoms with Crippen molar-refractivity contribution in [1.82, 2.24) is 4.90 Å². The van der Waals surface area contributed by atoms with Crippen molar-refractivity contribution in [2.45, 2.75) is 25.3 Å². The summed E-state index contributed by atoms with van der Waals surface area (Å²) in [5.74, 6) is 0.856. The van der Waals surface area contributed by atoms with E-state index >= 15 is 0 Å². The first-order valence-electron chi connectivity index (χ1n) is 6.52. The number of hydrogen-bond acceptors (Lipinski definition) is 3. The number of nitrogens with zero attached hydrogens (tertiary/aromatic N) is 1. The van der Waals surface area contributed by atoms with Gasteiger partial charge in [0.25, 0.3) is 0 Å². The number of hydrogen-bond donors (Lipinski definition) is 1. The van der Waals surface area contributed by atoms with Crippen molar-refractivity contribution in [2.24, 2.45) is 5.73 Å². The molecule has 0 saturated heterocycles. The number of rotatable bonds is 6. The number of ether oxygens (including phenoxy) is 1. The van der Waals surface area contributed by atoms with Gasteiger partial charge in [0.1, 0.15) is 12.4 Å². The Labute approximate surface area is 122 Å². The van der Waals surface area contributed by atoms with Gasteiger partial charge in [-0.15, -0.1) is 0 Å². The van der Waals surface area contributed by atoms with Gasteiger partial charge in [-0.3, -0.25) is 4.79 Å². The van der Waals surface area contributed by atoms with Crippen LogP contribution in [0.5, 0.6) is 5.75 Å². The van der Waals surface area contributed by atoms with Crippen molar-refractivity contribution >= 4 is 21.8 Å². The predicted molar refractivity (Wildman–Crippen MR) is 78.0 cm³/mol. The molecule has 1 saturated carbocycles. The van der Waals surface area contributed by atoms with Crippen LogP contribution < -0.4 is 10.5 Å². The van der Waals surface area contributed by atoms with E-state index in [4.69, 9.17) is 10.5 Å². The van der Waals surface area contributed by atoms with Crippen molar-refractivity contribution in [3.05, 3.63) is 28.7 Å². The quantitative estimate of drug-likeness (QED) is 0.871. The van der Waals surface area contributed by atoms with E-state index in [2.05, 4.69) is 15.9 Å². The molecule has 4 nitrogen and oxygen atoms in total. The third-order valence-corrected chi connectivity index (χ3v) is 3.86. The minimum atomic E-state index is -0.590. The molecule has 0 atom stereocenters. The molecule has 1 aromatic rings. The number of carbonyl (C=O) groups is 1. The molecule has 0 aliphatic heterocycles. The molecule has 1 fully saturated rings. The smallest absolute Gasteiger partial charge is 0.242 e. The van der Waals surface area contributed by atoms with E-state index in [-0.39, 0.29) is 5.91 Å². The van der Waals surface area contributed by atoms with E-state index in [0.717, 1.165) is 23.1 Å². The molecule has 0 unspecified atom stereocenters. The second kappa shape index (κ2) is 5.92. The number of halogens is 1. The van der Waals surface area contributed by atoms with Gasteiger partial charge in [0, 0.05) is 11.0 Å². The van der Waals surface area contributed by atoms with Crippen LogP contribution in [0.2, 0.25) is 0 Å². The highest BCUT2D eigenvalue weighted by molar-refractivity contribution is 9.10. The molecule has 0 aromatic heterocycles. The van der Waals surface area contributed by atoms with Crippen molar-refractivity contribution in [2.75, 3.05) is 19.7 Å². The lowest BCUT2D eigenvalue weighted by atomic mass is 10.2. The van der Waals surface area contributed by atoms with Gasteiger partial charge in [-0.1, -0.05) is 15.9 Å². The molecule has 104 valence electrons. The molecular weight excluding hydrogens is 308 g/mol. The number of benzene rings is 1. The van der Waals surface area contributed by atoms with Gasteiger partial charge in [0.05, 0.1) is 12.1 Å². The van der Waals surface area contributed by atoms with Crippen LogP contribution >= 0.6 is 15.9 Å². The number of likely N-dealkylation sites (N-methyl/N-ethyl adjacent to an activating group) is 1. The summed E-state index contributed by atoms with van der Waals surface area (Å²) in [6, 6.07) is 7.65. The second-order valence-corrected chi connectivity index (χ2v) is 5.76. The summed E-state index contributed by atoms with van der Waals surface area (Å²) in [5.41, 5.74) is 5.34. The lowest BCUT2D eigenvalue weighted by molar-refractivity contribution is -0.133. The van der Waals surface area contributed by atoms with Crippen LogP contribution in [0.1, 0.15) is 19.8 Å². The Morgan fingerprint density at radius 3 is 2.58 bits per heavy atom. The molecule has 1 aliphatic rings. The minimum absolute atomic E-state index is 0.0504. The summed E-state index contributed by atoms with van der Waals surface area (Å²) in [5, 5.41) is 0. The first-order valence-corrected chi connectivity index (χ1v) is 7.31. The summed E-state index contributed by atoms with van der Waals surface area (Å²) >= 11 is 3.37. The molecule has 0 bridgehead atoms. The standard InChI is InChI=1S/C14H19BrN2O2/c1-2-17(13(18)14(16)7-8-14)9-10-19-12-5-3-11(15)4-6-12/h3-6H,2,7-10,16H2,1H3. The molecule has 0 radical (unpaired) electrons. The van der Waals surface area contributed by atoms with Crippen LogP contribution in [0.3, 0.4) is 0 Å². The van der Waals surface area contributed by atoms with Crippen molar-refractivity contribution in [3.63, 3.8) is 0 Å². The fourth-order valence-corrected chi connectivity index (χ4v) is 2.14. The largest absolute Gasteiger partial charge is 0.492 e. The Kier molecular flexibility index (Phi) is 4.47. The molecule has 1 aliphatic carbocycles. The fourth-order valence-electron chi connectivity index (χ4n) is 1.87. The van der Waals surface area contributed by atoms with Gasteiger partial charge in [-0.05, 0) is 44.0 Å². The Morgan fingerprint density at radius 1 is 1.42 bits per heavy atom. The summed E-state index contributed by atoms with van der Waals surface area (Å²) in [6.45, 7) is 3.69. The zero-order valence-electron chi connectivity index (χ0n) is 11.1. The minimum Gasteiger partial charge on any atom is -0.492 e. The third kappa shape index (κ3) is 3.70. The Balaban J connectivity index is 1.80. The zero-order chi connectivity index (χ0) is 13.9. The van der Waals surface area contributed by atoms with Gasteiger partial charge in [0.2, 0.25) is 5.91 Å². The number of amides is 1. The molecule has 0 spiro atoms. The van der Waals surface area contributed by atoms with E-state index < -0.39 is 5.54 Å².